The number of amides is 2. The van der Waals surface area contributed by atoms with Gasteiger partial charge in [0.05, 0.1) is 0 Å². The standard InChI is InChI=1S/C12H15N3O/c1-8(2)14-12(16)15-10-4-3-9-5-6-13-11(9)7-10/h3-8,13H,1-2H3,(H2,14,15,16). The van der Waals surface area contributed by atoms with Crippen LogP contribution in [0, 0.1) is 0 Å². The number of urea groups is 1. The van der Waals surface area contributed by atoms with Gasteiger partial charge in [0.15, 0.2) is 0 Å². The highest BCUT2D eigenvalue weighted by Crippen LogP contribution is 2.17. The molecule has 1 aromatic carbocycles. The first-order chi connectivity index (χ1) is 7.65. The van der Waals surface area contributed by atoms with Crippen LogP contribution in [0.1, 0.15) is 13.8 Å². The minimum atomic E-state index is -0.180. The Morgan fingerprint density at radius 3 is 2.88 bits per heavy atom. The van der Waals surface area contributed by atoms with Gasteiger partial charge in [-0.3, -0.25) is 0 Å². The van der Waals surface area contributed by atoms with Crippen molar-refractivity contribution < 1.29 is 4.79 Å². The van der Waals surface area contributed by atoms with E-state index in [1.807, 2.05) is 44.3 Å². The molecule has 2 rings (SSSR count). The molecule has 3 N–H and O–H groups in total. The summed E-state index contributed by atoms with van der Waals surface area (Å²) in [5, 5.41) is 6.69. The van der Waals surface area contributed by atoms with Gasteiger partial charge in [-0.15, -0.1) is 0 Å². The second-order valence-electron chi connectivity index (χ2n) is 4.03. The Bertz CT molecular complexity index is 502. The summed E-state index contributed by atoms with van der Waals surface area (Å²) in [5.74, 6) is 0. The normalized spacial score (nSPS) is 10.7. The van der Waals surface area contributed by atoms with Gasteiger partial charge in [0.2, 0.25) is 0 Å². The molecule has 0 spiro atoms. The SMILES string of the molecule is CC(C)NC(=O)Nc1ccc2cc[nH]c2c1. The maximum absolute atomic E-state index is 11.5. The van der Waals surface area contributed by atoms with Crippen LogP contribution < -0.4 is 10.6 Å². The molecule has 0 saturated heterocycles. The molecule has 0 aliphatic carbocycles. The van der Waals surface area contributed by atoms with Crippen LogP contribution in [0.3, 0.4) is 0 Å². The summed E-state index contributed by atoms with van der Waals surface area (Å²) in [6.07, 6.45) is 1.88. The van der Waals surface area contributed by atoms with Crippen LogP contribution in [-0.2, 0) is 0 Å². The molecule has 16 heavy (non-hydrogen) atoms. The second kappa shape index (κ2) is 4.26. The smallest absolute Gasteiger partial charge is 0.319 e. The van der Waals surface area contributed by atoms with Crippen molar-refractivity contribution in [2.45, 2.75) is 19.9 Å². The number of aromatic amines is 1. The molecular formula is C12H15N3O. The lowest BCUT2D eigenvalue weighted by Gasteiger charge is -2.09. The van der Waals surface area contributed by atoms with Crippen molar-refractivity contribution in [1.82, 2.24) is 10.3 Å². The van der Waals surface area contributed by atoms with Gasteiger partial charge in [-0.25, -0.2) is 4.79 Å². The summed E-state index contributed by atoms with van der Waals surface area (Å²) in [4.78, 5) is 14.6. The number of rotatable bonds is 2. The van der Waals surface area contributed by atoms with E-state index in [0.29, 0.717) is 0 Å². The number of carbonyl (C=O) groups excluding carboxylic acids is 1. The average Bonchev–Trinajstić information content (AvgIpc) is 2.63. The molecule has 0 bridgehead atoms. The Morgan fingerprint density at radius 1 is 1.31 bits per heavy atom. The molecule has 2 aromatic rings. The zero-order valence-corrected chi connectivity index (χ0v) is 9.37. The first kappa shape index (κ1) is 10.5. The molecule has 84 valence electrons. The van der Waals surface area contributed by atoms with Crippen molar-refractivity contribution in [2.24, 2.45) is 0 Å². The molecule has 4 nitrogen and oxygen atoms in total. The number of hydrogen-bond acceptors (Lipinski definition) is 1. The number of nitrogens with one attached hydrogen (secondary N) is 3. The van der Waals surface area contributed by atoms with E-state index in [1.165, 1.54) is 0 Å². The fraction of sp³-hybridized carbons (Fsp3) is 0.250. The predicted molar refractivity (Wildman–Crippen MR) is 65.6 cm³/mol. The number of aromatic nitrogens is 1. The highest BCUT2D eigenvalue weighted by Gasteiger charge is 2.03. The molecule has 0 saturated carbocycles. The van der Waals surface area contributed by atoms with Gasteiger partial charge in [-0.2, -0.15) is 0 Å². The molecule has 0 atom stereocenters. The summed E-state index contributed by atoms with van der Waals surface area (Å²) in [6.45, 7) is 3.85. The van der Waals surface area contributed by atoms with E-state index in [4.69, 9.17) is 0 Å². The van der Waals surface area contributed by atoms with Gasteiger partial charge >= 0.3 is 6.03 Å². The highest BCUT2D eigenvalue weighted by molar-refractivity contribution is 5.92. The topological polar surface area (TPSA) is 56.9 Å². The number of benzene rings is 1. The van der Waals surface area contributed by atoms with Crippen molar-refractivity contribution >= 4 is 22.6 Å². The maximum atomic E-state index is 11.5. The van der Waals surface area contributed by atoms with Gasteiger partial charge in [-0.1, -0.05) is 6.07 Å². The Balaban J connectivity index is 2.11. The van der Waals surface area contributed by atoms with Crippen molar-refractivity contribution in [1.29, 1.82) is 0 Å². The van der Waals surface area contributed by atoms with Crippen LogP contribution in [0.25, 0.3) is 10.9 Å². The summed E-state index contributed by atoms with van der Waals surface area (Å²) in [5.41, 5.74) is 1.80. The Morgan fingerprint density at radius 2 is 2.12 bits per heavy atom. The van der Waals surface area contributed by atoms with Crippen molar-refractivity contribution in [3.8, 4) is 0 Å². The van der Waals surface area contributed by atoms with Crippen LogP contribution in [0.2, 0.25) is 0 Å². The Labute approximate surface area is 94.0 Å². The summed E-state index contributed by atoms with van der Waals surface area (Å²) in [6, 6.07) is 7.71. The molecular weight excluding hydrogens is 202 g/mol. The number of anilines is 1. The molecule has 0 fully saturated rings. The molecule has 0 radical (unpaired) electrons. The quantitative estimate of drug-likeness (QED) is 0.711. The second-order valence-corrected chi connectivity index (χ2v) is 4.03. The van der Waals surface area contributed by atoms with E-state index in [1.54, 1.807) is 0 Å². The van der Waals surface area contributed by atoms with E-state index >= 15 is 0 Å². The molecule has 1 aromatic heterocycles. The van der Waals surface area contributed by atoms with E-state index in [-0.39, 0.29) is 12.1 Å². The summed E-state index contributed by atoms with van der Waals surface area (Å²) >= 11 is 0. The maximum Gasteiger partial charge on any atom is 0.319 e. The number of carbonyl (C=O) groups is 1. The Kier molecular flexibility index (Phi) is 2.81. The van der Waals surface area contributed by atoms with E-state index in [9.17, 15) is 4.79 Å². The van der Waals surface area contributed by atoms with Gasteiger partial charge in [0.1, 0.15) is 0 Å². The summed E-state index contributed by atoms with van der Waals surface area (Å²) < 4.78 is 0. The monoisotopic (exact) mass is 217 g/mol. The number of fused-ring (bicyclic) bond motifs is 1. The lowest BCUT2D eigenvalue weighted by molar-refractivity contribution is 0.250. The van der Waals surface area contributed by atoms with Gasteiger partial charge in [0.25, 0.3) is 0 Å². The first-order valence-corrected chi connectivity index (χ1v) is 5.30. The van der Waals surface area contributed by atoms with Gasteiger partial charge < -0.3 is 15.6 Å². The van der Waals surface area contributed by atoms with Crippen LogP contribution in [0.4, 0.5) is 10.5 Å². The molecule has 1 heterocycles. The Hall–Kier alpha value is -1.97. The number of H-pyrrole nitrogens is 1. The summed E-state index contributed by atoms with van der Waals surface area (Å²) in [7, 11) is 0. The van der Waals surface area contributed by atoms with E-state index < -0.39 is 0 Å². The van der Waals surface area contributed by atoms with Crippen LogP contribution in [0.5, 0.6) is 0 Å². The van der Waals surface area contributed by atoms with E-state index in [0.717, 1.165) is 16.6 Å². The highest BCUT2D eigenvalue weighted by atomic mass is 16.2. The third-order valence-electron chi connectivity index (χ3n) is 2.23. The van der Waals surface area contributed by atoms with E-state index in [2.05, 4.69) is 15.6 Å². The predicted octanol–water partition coefficient (Wildman–Crippen LogP) is 2.70. The van der Waals surface area contributed by atoms with Crippen LogP contribution in [-0.4, -0.2) is 17.1 Å². The van der Waals surface area contributed by atoms with Crippen molar-refractivity contribution in [3.63, 3.8) is 0 Å². The molecule has 0 aliphatic rings. The largest absolute Gasteiger partial charge is 0.361 e. The fourth-order valence-corrected chi connectivity index (χ4v) is 1.55. The van der Waals surface area contributed by atoms with Crippen LogP contribution in [0.15, 0.2) is 30.5 Å². The molecule has 2 amide bonds. The minimum absolute atomic E-state index is 0.134. The minimum Gasteiger partial charge on any atom is -0.361 e. The molecule has 4 heteroatoms. The number of hydrogen-bond donors (Lipinski definition) is 3. The zero-order chi connectivity index (χ0) is 11.5. The van der Waals surface area contributed by atoms with Gasteiger partial charge in [-0.05, 0) is 37.4 Å². The van der Waals surface area contributed by atoms with Crippen molar-refractivity contribution in [3.05, 3.63) is 30.5 Å². The van der Waals surface area contributed by atoms with Gasteiger partial charge in [0, 0.05) is 23.4 Å². The zero-order valence-electron chi connectivity index (χ0n) is 9.37. The lowest BCUT2D eigenvalue weighted by atomic mass is 10.2. The molecule has 0 unspecified atom stereocenters. The third kappa shape index (κ3) is 2.34. The average molecular weight is 217 g/mol. The third-order valence-corrected chi connectivity index (χ3v) is 2.23. The first-order valence-electron chi connectivity index (χ1n) is 5.30. The molecule has 0 aliphatic heterocycles. The lowest BCUT2D eigenvalue weighted by Crippen LogP contribution is -2.34. The van der Waals surface area contributed by atoms with Crippen LogP contribution >= 0.6 is 0 Å². The fourth-order valence-electron chi connectivity index (χ4n) is 1.55. The van der Waals surface area contributed by atoms with Crippen molar-refractivity contribution in [2.75, 3.05) is 5.32 Å².